The minimum Gasteiger partial charge on any atom is -0.352 e. The third-order valence-corrected chi connectivity index (χ3v) is 4.44. The molecule has 1 aliphatic heterocycles. The zero-order chi connectivity index (χ0) is 16.5. The van der Waals surface area contributed by atoms with E-state index in [9.17, 15) is 4.39 Å². The lowest BCUT2D eigenvalue weighted by atomic mass is 10.2. The Morgan fingerprint density at radius 1 is 1.04 bits per heavy atom. The largest absolute Gasteiger partial charge is 0.352 e. The van der Waals surface area contributed by atoms with E-state index in [0.29, 0.717) is 6.61 Å². The quantitative estimate of drug-likeness (QED) is 0.708. The summed E-state index contributed by atoms with van der Waals surface area (Å²) in [5, 5.41) is 0. The Hall–Kier alpha value is -2.59. The van der Waals surface area contributed by atoms with E-state index in [4.69, 9.17) is 4.74 Å². The van der Waals surface area contributed by atoms with E-state index >= 15 is 0 Å². The predicted octanol–water partition coefficient (Wildman–Crippen LogP) is 4.46. The lowest BCUT2D eigenvalue weighted by molar-refractivity contribution is 0.114. The summed E-state index contributed by atoms with van der Waals surface area (Å²) in [6.07, 6.45) is 4.03. The van der Waals surface area contributed by atoms with Gasteiger partial charge in [-0.1, -0.05) is 18.2 Å². The number of hydrogen-bond donors (Lipinski definition) is 0. The van der Waals surface area contributed by atoms with Crippen LogP contribution in [0, 0.1) is 12.7 Å². The highest BCUT2D eigenvalue weighted by atomic mass is 19.1. The average molecular weight is 322 g/mol. The summed E-state index contributed by atoms with van der Waals surface area (Å²) in [6.45, 7) is 3.56. The van der Waals surface area contributed by atoms with Gasteiger partial charge in [0.05, 0.1) is 6.61 Å². The standard InChI is InChI=1S/C20H19FN2O/c1-15-4-2-3-5-19(15)22-11-10-16(14-22)20-23(12-13-24-20)18-8-6-17(21)7-9-18/h2-11,14,20H,12-13H2,1H3/t20-/m1/s1. The van der Waals surface area contributed by atoms with Crippen molar-refractivity contribution in [1.29, 1.82) is 0 Å². The Morgan fingerprint density at radius 2 is 1.83 bits per heavy atom. The van der Waals surface area contributed by atoms with Gasteiger partial charge in [0.2, 0.25) is 0 Å². The SMILES string of the molecule is Cc1ccccc1-n1ccc([C@H]2OCCN2c2ccc(F)cc2)c1. The van der Waals surface area contributed by atoms with Crippen LogP contribution in [0.4, 0.5) is 10.1 Å². The Balaban J connectivity index is 1.64. The summed E-state index contributed by atoms with van der Waals surface area (Å²) < 4.78 is 21.2. The first-order valence-electron chi connectivity index (χ1n) is 8.10. The molecule has 0 N–H and O–H groups in total. The van der Waals surface area contributed by atoms with E-state index in [0.717, 1.165) is 23.5 Å². The average Bonchev–Trinajstić information content (AvgIpc) is 3.25. The van der Waals surface area contributed by atoms with Gasteiger partial charge >= 0.3 is 0 Å². The molecule has 0 amide bonds. The highest BCUT2D eigenvalue weighted by molar-refractivity contribution is 5.49. The Morgan fingerprint density at radius 3 is 2.62 bits per heavy atom. The number of benzene rings is 2. The maximum Gasteiger partial charge on any atom is 0.158 e. The molecule has 24 heavy (non-hydrogen) atoms. The van der Waals surface area contributed by atoms with Gasteiger partial charge in [0.1, 0.15) is 5.82 Å². The van der Waals surface area contributed by atoms with Crippen molar-refractivity contribution >= 4 is 5.69 Å². The lowest BCUT2D eigenvalue weighted by Crippen LogP contribution is -2.22. The molecule has 0 aliphatic carbocycles. The van der Waals surface area contributed by atoms with E-state index < -0.39 is 0 Å². The summed E-state index contributed by atoms with van der Waals surface area (Å²) in [5.74, 6) is -0.221. The normalized spacial score (nSPS) is 17.4. The van der Waals surface area contributed by atoms with Crippen LogP contribution in [0.5, 0.6) is 0 Å². The van der Waals surface area contributed by atoms with Crippen LogP contribution in [0.15, 0.2) is 67.0 Å². The fraction of sp³-hybridized carbons (Fsp3) is 0.200. The predicted molar refractivity (Wildman–Crippen MR) is 92.9 cm³/mol. The highest BCUT2D eigenvalue weighted by Crippen LogP contribution is 2.33. The molecular formula is C20H19FN2O. The van der Waals surface area contributed by atoms with Crippen LogP contribution >= 0.6 is 0 Å². The number of halogens is 1. The highest BCUT2D eigenvalue weighted by Gasteiger charge is 2.28. The molecule has 4 rings (SSSR count). The fourth-order valence-corrected chi connectivity index (χ4v) is 3.21. The molecule has 3 nitrogen and oxygen atoms in total. The summed E-state index contributed by atoms with van der Waals surface area (Å²) in [7, 11) is 0. The van der Waals surface area contributed by atoms with Crippen molar-refractivity contribution < 1.29 is 9.13 Å². The van der Waals surface area contributed by atoms with Crippen LogP contribution in [0.3, 0.4) is 0 Å². The van der Waals surface area contributed by atoms with Crippen molar-refractivity contribution in [3.8, 4) is 5.69 Å². The van der Waals surface area contributed by atoms with Crippen molar-refractivity contribution in [3.05, 3.63) is 83.9 Å². The number of rotatable bonds is 3. The molecule has 1 aliphatic rings. The molecule has 0 radical (unpaired) electrons. The molecular weight excluding hydrogens is 303 g/mol. The van der Waals surface area contributed by atoms with Gasteiger partial charge in [-0.2, -0.15) is 0 Å². The number of aryl methyl sites for hydroxylation is 1. The van der Waals surface area contributed by atoms with Crippen molar-refractivity contribution in [2.45, 2.75) is 13.2 Å². The molecule has 0 spiro atoms. The van der Waals surface area contributed by atoms with Crippen molar-refractivity contribution in [1.82, 2.24) is 4.57 Å². The van der Waals surface area contributed by atoms with Gasteiger partial charge < -0.3 is 14.2 Å². The number of anilines is 1. The second-order valence-electron chi connectivity index (χ2n) is 6.03. The van der Waals surface area contributed by atoms with Crippen molar-refractivity contribution in [2.75, 3.05) is 18.1 Å². The first kappa shape index (κ1) is 15.0. The van der Waals surface area contributed by atoms with Gasteiger partial charge in [0.25, 0.3) is 0 Å². The zero-order valence-corrected chi connectivity index (χ0v) is 13.5. The molecule has 1 fully saturated rings. The maximum absolute atomic E-state index is 13.2. The van der Waals surface area contributed by atoms with E-state index in [1.807, 2.05) is 12.1 Å². The van der Waals surface area contributed by atoms with Gasteiger partial charge in [-0.3, -0.25) is 0 Å². The van der Waals surface area contributed by atoms with Crippen LogP contribution in [0.25, 0.3) is 5.69 Å². The summed E-state index contributed by atoms with van der Waals surface area (Å²) in [5.41, 5.74) is 4.46. The third-order valence-electron chi connectivity index (χ3n) is 4.44. The van der Waals surface area contributed by atoms with Crippen LogP contribution in [0.1, 0.15) is 17.4 Å². The van der Waals surface area contributed by atoms with Gasteiger partial charge in [-0.25, -0.2) is 4.39 Å². The topological polar surface area (TPSA) is 17.4 Å². The molecule has 4 heteroatoms. The van der Waals surface area contributed by atoms with Gasteiger partial charge in [0.15, 0.2) is 6.23 Å². The van der Waals surface area contributed by atoms with Crippen molar-refractivity contribution in [3.63, 3.8) is 0 Å². The molecule has 2 aromatic carbocycles. The van der Waals surface area contributed by atoms with E-state index in [2.05, 4.69) is 47.0 Å². The number of aromatic nitrogens is 1. The smallest absolute Gasteiger partial charge is 0.158 e. The first-order chi connectivity index (χ1) is 11.7. The number of para-hydroxylation sites is 1. The zero-order valence-electron chi connectivity index (χ0n) is 13.5. The van der Waals surface area contributed by atoms with Gasteiger partial charge in [-0.05, 0) is 48.9 Å². The molecule has 2 heterocycles. The minimum atomic E-state index is -0.221. The number of ether oxygens (including phenoxy) is 1. The molecule has 0 unspecified atom stereocenters. The van der Waals surface area contributed by atoms with Crippen LogP contribution < -0.4 is 4.90 Å². The lowest BCUT2D eigenvalue weighted by Gasteiger charge is -2.24. The second kappa shape index (κ2) is 6.13. The Bertz CT molecular complexity index is 841. The maximum atomic E-state index is 13.2. The summed E-state index contributed by atoms with van der Waals surface area (Å²) in [6, 6.07) is 17.0. The van der Waals surface area contributed by atoms with Gasteiger partial charge in [-0.15, -0.1) is 0 Å². The van der Waals surface area contributed by atoms with Crippen LogP contribution in [-0.4, -0.2) is 17.7 Å². The monoisotopic (exact) mass is 322 g/mol. The Kier molecular flexibility index (Phi) is 3.82. The fourth-order valence-electron chi connectivity index (χ4n) is 3.21. The summed E-state index contributed by atoms with van der Waals surface area (Å²) >= 11 is 0. The number of nitrogens with zero attached hydrogens (tertiary/aromatic N) is 2. The molecule has 0 saturated carbocycles. The van der Waals surface area contributed by atoms with Crippen molar-refractivity contribution in [2.24, 2.45) is 0 Å². The Labute approximate surface area is 140 Å². The molecule has 3 aromatic rings. The molecule has 1 saturated heterocycles. The second-order valence-corrected chi connectivity index (χ2v) is 6.03. The van der Waals surface area contributed by atoms with E-state index in [1.165, 1.54) is 17.7 Å². The first-order valence-corrected chi connectivity index (χ1v) is 8.10. The molecule has 0 bridgehead atoms. The number of hydrogen-bond acceptors (Lipinski definition) is 2. The molecule has 1 atom stereocenters. The van der Waals surface area contributed by atoms with Gasteiger partial charge in [0, 0.05) is 35.9 Å². The third kappa shape index (κ3) is 2.69. The van der Waals surface area contributed by atoms with E-state index in [-0.39, 0.29) is 12.0 Å². The van der Waals surface area contributed by atoms with Crippen LogP contribution in [0.2, 0.25) is 0 Å². The molecule has 122 valence electrons. The van der Waals surface area contributed by atoms with E-state index in [1.54, 1.807) is 12.1 Å². The molecule has 1 aromatic heterocycles. The minimum absolute atomic E-state index is 0.138. The van der Waals surface area contributed by atoms with Crippen LogP contribution in [-0.2, 0) is 4.74 Å². The summed E-state index contributed by atoms with van der Waals surface area (Å²) in [4.78, 5) is 2.16.